The summed E-state index contributed by atoms with van der Waals surface area (Å²) in [6.45, 7) is 5.55. The van der Waals surface area contributed by atoms with Crippen molar-refractivity contribution in [2.24, 2.45) is 0 Å². The van der Waals surface area contributed by atoms with Crippen LogP contribution in [-0.4, -0.2) is 55.1 Å². The van der Waals surface area contributed by atoms with Crippen molar-refractivity contribution in [2.45, 2.75) is 13.1 Å². The number of piperazine rings is 1. The van der Waals surface area contributed by atoms with Gasteiger partial charge in [-0.25, -0.2) is 0 Å². The maximum atomic E-state index is 10.7. The Balaban J connectivity index is 1.52. The first-order valence-electron chi connectivity index (χ1n) is 8.98. The molecule has 7 heteroatoms. The molecular weight excluding hydrogens is 346 g/mol. The second-order valence-electron chi connectivity index (χ2n) is 6.65. The van der Waals surface area contributed by atoms with Crippen molar-refractivity contribution in [3.05, 3.63) is 63.7 Å². The van der Waals surface area contributed by atoms with Crippen LogP contribution in [0.1, 0.15) is 11.1 Å². The summed E-state index contributed by atoms with van der Waals surface area (Å²) in [4.78, 5) is 15.2. The van der Waals surface area contributed by atoms with Gasteiger partial charge in [0.15, 0.2) is 0 Å². The zero-order valence-electron chi connectivity index (χ0n) is 15.8. The predicted octanol–water partition coefficient (Wildman–Crippen LogP) is 2.93. The predicted molar refractivity (Wildman–Crippen MR) is 103 cm³/mol. The first-order valence-corrected chi connectivity index (χ1v) is 8.98. The fraction of sp³-hybridized carbons (Fsp3) is 0.400. The molecule has 0 atom stereocenters. The molecule has 1 fully saturated rings. The van der Waals surface area contributed by atoms with Crippen LogP contribution >= 0.6 is 0 Å². The Bertz CT molecular complexity index is 771. The highest BCUT2D eigenvalue weighted by Gasteiger charge is 2.19. The Hall–Kier alpha value is -2.64. The number of non-ortho nitro benzene ring substituents is 1. The van der Waals surface area contributed by atoms with Crippen molar-refractivity contribution >= 4 is 5.69 Å². The third kappa shape index (κ3) is 4.96. The molecule has 2 aromatic carbocycles. The third-order valence-corrected chi connectivity index (χ3v) is 4.91. The molecule has 0 spiro atoms. The highest BCUT2D eigenvalue weighted by molar-refractivity contribution is 5.40. The lowest BCUT2D eigenvalue weighted by molar-refractivity contribution is -0.384. The van der Waals surface area contributed by atoms with Crippen molar-refractivity contribution in [3.63, 3.8) is 0 Å². The average molecular weight is 371 g/mol. The van der Waals surface area contributed by atoms with E-state index in [9.17, 15) is 10.1 Å². The van der Waals surface area contributed by atoms with Gasteiger partial charge in [-0.2, -0.15) is 0 Å². The van der Waals surface area contributed by atoms with E-state index in [0.29, 0.717) is 0 Å². The Morgan fingerprint density at radius 3 is 2.11 bits per heavy atom. The number of hydrogen-bond acceptors (Lipinski definition) is 6. The molecule has 0 aliphatic carbocycles. The molecule has 1 aliphatic heterocycles. The van der Waals surface area contributed by atoms with Crippen LogP contribution in [-0.2, 0) is 13.1 Å². The van der Waals surface area contributed by atoms with Crippen LogP contribution in [0.4, 0.5) is 5.69 Å². The maximum absolute atomic E-state index is 10.7. The van der Waals surface area contributed by atoms with Crippen LogP contribution in [0.5, 0.6) is 11.5 Å². The van der Waals surface area contributed by atoms with E-state index in [2.05, 4.69) is 15.9 Å². The standard InChI is InChI=1S/C20H25N3O4/c1-26-19-8-5-17(20(13-19)27-2)15-22-11-9-21(10-12-22)14-16-3-6-18(7-4-16)23(24)25/h3-8,13H,9-12,14-15H2,1-2H3. The second kappa shape index (κ2) is 8.83. The van der Waals surface area contributed by atoms with Gasteiger partial charge in [0, 0.05) is 63.0 Å². The number of nitro benzene ring substituents is 1. The highest BCUT2D eigenvalue weighted by Crippen LogP contribution is 2.26. The fourth-order valence-electron chi connectivity index (χ4n) is 3.31. The molecule has 1 aliphatic rings. The minimum Gasteiger partial charge on any atom is -0.497 e. The number of benzene rings is 2. The summed E-state index contributed by atoms with van der Waals surface area (Å²) in [5.74, 6) is 1.64. The van der Waals surface area contributed by atoms with E-state index in [1.807, 2.05) is 24.3 Å². The van der Waals surface area contributed by atoms with Gasteiger partial charge in [-0.3, -0.25) is 19.9 Å². The normalized spacial score (nSPS) is 15.5. The number of ether oxygens (including phenoxy) is 2. The molecule has 3 rings (SSSR count). The summed E-state index contributed by atoms with van der Waals surface area (Å²) < 4.78 is 10.7. The lowest BCUT2D eigenvalue weighted by Gasteiger charge is -2.35. The summed E-state index contributed by atoms with van der Waals surface area (Å²) in [6, 6.07) is 12.8. The first kappa shape index (κ1) is 19.1. The van der Waals surface area contributed by atoms with Crippen molar-refractivity contribution in [3.8, 4) is 11.5 Å². The number of methoxy groups -OCH3 is 2. The van der Waals surface area contributed by atoms with Crippen molar-refractivity contribution in [2.75, 3.05) is 40.4 Å². The van der Waals surface area contributed by atoms with Crippen molar-refractivity contribution < 1.29 is 14.4 Å². The zero-order valence-corrected chi connectivity index (χ0v) is 15.8. The van der Waals surface area contributed by atoms with Crippen LogP contribution in [0.2, 0.25) is 0 Å². The van der Waals surface area contributed by atoms with Crippen LogP contribution in [0, 0.1) is 10.1 Å². The molecule has 0 saturated carbocycles. The monoisotopic (exact) mass is 371 g/mol. The summed E-state index contributed by atoms with van der Waals surface area (Å²) in [5.41, 5.74) is 2.39. The molecule has 0 amide bonds. The van der Waals surface area contributed by atoms with Crippen LogP contribution in [0.3, 0.4) is 0 Å². The molecule has 144 valence electrons. The highest BCUT2D eigenvalue weighted by atomic mass is 16.6. The van der Waals surface area contributed by atoms with Gasteiger partial charge in [0.2, 0.25) is 0 Å². The van der Waals surface area contributed by atoms with Crippen LogP contribution in [0.15, 0.2) is 42.5 Å². The van der Waals surface area contributed by atoms with Crippen LogP contribution < -0.4 is 9.47 Å². The van der Waals surface area contributed by atoms with Gasteiger partial charge in [0.25, 0.3) is 5.69 Å². The van der Waals surface area contributed by atoms with Gasteiger partial charge < -0.3 is 9.47 Å². The molecule has 2 aromatic rings. The summed E-state index contributed by atoms with van der Waals surface area (Å²) in [6.07, 6.45) is 0. The molecule has 0 bridgehead atoms. The molecule has 1 saturated heterocycles. The smallest absolute Gasteiger partial charge is 0.269 e. The molecular formula is C20H25N3O4. The molecule has 27 heavy (non-hydrogen) atoms. The van der Waals surface area contributed by atoms with Gasteiger partial charge >= 0.3 is 0 Å². The number of nitro groups is 1. The second-order valence-corrected chi connectivity index (χ2v) is 6.65. The van der Waals surface area contributed by atoms with E-state index >= 15 is 0 Å². The first-order chi connectivity index (χ1) is 13.1. The van der Waals surface area contributed by atoms with Crippen molar-refractivity contribution in [1.29, 1.82) is 0 Å². The quantitative estimate of drug-likeness (QED) is 0.551. The van der Waals surface area contributed by atoms with Gasteiger partial charge in [0.05, 0.1) is 19.1 Å². The van der Waals surface area contributed by atoms with Gasteiger partial charge in [-0.1, -0.05) is 18.2 Å². The van der Waals surface area contributed by atoms with E-state index in [1.165, 1.54) is 0 Å². The van der Waals surface area contributed by atoms with E-state index in [1.54, 1.807) is 26.4 Å². The lowest BCUT2D eigenvalue weighted by atomic mass is 10.1. The van der Waals surface area contributed by atoms with Gasteiger partial charge in [-0.05, 0) is 11.6 Å². The fourth-order valence-corrected chi connectivity index (χ4v) is 3.31. The molecule has 0 unspecified atom stereocenters. The molecule has 0 radical (unpaired) electrons. The van der Waals surface area contributed by atoms with E-state index in [4.69, 9.17) is 9.47 Å². The van der Waals surface area contributed by atoms with E-state index in [0.717, 1.165) is 61.9 Å². The van der Waals surface area contributed by atoms with Gasteiger partial charge in [-0.15, -0.1) is 0 Å². The van der Waals surface area contributed by atoms with E-state index < -0.39 is 0 Å². The van der Waals surface area contributed by atoms with Gasteiger partial charge in [0.1, 0.15) is 11.5 Å². The van der Waals surface area contributed by atoms with E-state index in [-0.39, 0.29) is 10.6 Å². The summed E-state index contributed by atoms with van der Waals surface area (Å²) in [5, 5.41) is 10.7. The Labute approximate surface area is 159 Å². The Morgan fingerprint density at radius 1 is 0.926 bits per heavy atom. The Morgan fingerprint density at radius 2 is 1.56 bits per heavy atom. The SMILES string of the molecule is COc1ccc(CN2CCN(Cc3ccc([N+](=O)[O-])cc3)CC2)c(OC)c1. The van der Waals surface area contributed by atoms with Crippen LogP contribution in [0.25, 0.3) is 0 Å². The minimum absolute atomic E-state index is 0.136. The maximum Gasteiger partial charge on any atom is 0.269 e. The number of rotatable bonds is 7. The lowest BCUT2D eigenvalue weighted by Crippen LogP contribution is -2.45. The number of nitrogens with zero attached hydrogens (tertiary/aromatic N) is 3. The zero-order chi connectivity index (χ0) is 19.2. The Kier molecular flexibility index (Phi) is 6.26. The minimum atomic E-state index is -0.365. The summed E-state index contributed by atoms with van der Waals surface area (Å²) in [7, 11) is 3.33. The largest absolute Gasteiger partial charge is 0.497 e. The molecule has 0 N–H and O–H groups in total. The van der Waals surface area contributed by atoms with Crippen molar-refractivity contribution in [1.82, 2.24) is 9.80 Å². The molecule has 7 nitrogen and oxygen atoms in total. The average Bonchev–Trinajstić information content (AvgIpc) is 2.70. The molecule has 0 aromatic heterocycles. The topological polar surface area (TPSA) is 68.1 Å². The third-order valence-electron chi connectivity index (χ3n) is 4.91. The summed E-state index contributed by atoms with van der Waals surface area (Å²) >= 11 is 0. The number of hydrogen-bond donors (Lipinski definition) is 0. The molecule has 1 heterocycles.